The lowest BCUT2D eigenvalue weighted by Crippen LogP contribution is -2.47. The molecular weight excluding hydrogens is 340 g/mol. The molecule has 6 heteroatoms. The van der Waals surface area contributed by atoms with E-state index >= 15 is 0 Å². The number of methoxy groups -OCH3 is 1. The molecule has 144 valence electrons. The van der Waals surface area contributed by atoms with E-state index in [0.29, 0.717) is 23.1 Å². The molecule has 1 heterocycles. The quantitative estimate of drug-likeness (QED) is 0.868. The fraction of sp³-hybridized carbons (Fsp3) is 0.619. The summed E-state index contributed by atoms with van der Waals surface area (Å²) in [7, 11) is 1.64. The van der Waals surface area contributed by atoms with E-state index in [2.05, 4.69) is 28.6 Å². The van der Waals surface area contributed by atoms with Crippen LogP contribution in [0.5, 0.6) is 11.5 Å². The molecule has 0 spiro atoms. The average Bonchev–Trinajstić information content (AvgIpc) is 3.29. The Morgan fingerprint density at radius 3 is 2.78 bits per heavy atom. The maximum Gasteiger partial charge on any atom is 0.160 e. The first kappa shape index (κ1) is 16.9. The molecule has 27 heavy (non-hydrogen) atoms. The molecule has 6 nitrogen and oxygen atoms in total. The van der Waals surface area contributed by atoms with Crippen molar-refractivity contribution in [3.8, 4) is 11.5 Å². The standard InChI is InChI=1S/C21H28N4O2/c1-21-8-7-14-15(4-3-13-9-18(26)19(27-2)10-16(13)14)17(21)5-6-20(21)24-25-11-22-23-12-25/h9-12,14-15,17,20,24,26H,3-8H2,1-2H3/t14-,15+,17-,20-,21-/m0/s1. The predicted octanol–water partition coefficient (Wildman–Crippen LogP) is 3.46. The second kappa shape index (κ2) is 6.14. The summed E-state index contributed by atoms with van der Waals surface area (Å²) in [5.41, 5.74) is 6.68. The van der Waals surface area contributed by atoms with E-state index in [-0.39, 0.29) is 5.75 Å². The second-order valence-corrected chi connectivity index (χ2v) is 8.81. The number of rotatable bonds is 3. The molecule has 0 bridgehead atoms. The van der Waals surface area contributed by atoms with Gasteiger partial charge in [-0.3, -0.25) is 0 Å². The number of phenols is 1. The Labute approximate surface area is 159 Å². The number of fused-ring (bicyclic) bond motifs is 5. The molecule has 0 aliphatic heterocycles. The number of nitrogens with one attached hydrogen (secondary N) is 1. The van der Waals surface area contributed by atoms with Gasteiger partial charge in [0.05, 0.1) is 7.11 Å². The lowest BCUT2D eigenvalue weighted by Gasteiger charge is -2.51. The lowest BCUT2D eigenvalue weighted by molar-refractivity contribution is 0.0511. The zero-order valence-electron chi connectivity index (χ0n) is 16.1. The minimum atomic E-state index is 0.273. The van der Waals surface area contributed by atoms with E-state index in [1.807, 2.05) is 10.7 Å². The summed E-state index contributed by atoms with van der Waals surface area (Å²) in [6.45, 7) is 2.48. The van der Waals surface area contributed by atoms with Crippen LogP contribution in [0.4, 0.5) is 0 Å². The molecule has 5 rings (SSSR count). The Morgan fingerprint density at radius 1 is 1.19 bits per heavy atom. The van der Waals surface area contributed by atoms with Gasteiger partial charge in [0, 0.05) is 6.04 Å². The minimum absolute atomic E-state index is 0.273. The third-order valence-corrected chi connectivity index (χ3v) is 7.75. The number of ether oxygens (including phenoxy) is 1. The number of hydrogen-bond donors (Lipinski definition) is 2. The van der Waals surface area contributed by atoms with Gasteiger partial charge >= 0.3 is 0 Å². The summed E-state index contributed by atoms with van der Waals surface area (Å²) in [6.07, 6.45) is 10.7. The van der Waals surface area contributed by atoms with Crippen LogP contribution in [0.3, 0.4) is 0 Å². The van der Waals surface area contributed by atoms with Crippen LogP contribution in [-0.2, 0) is 6.42 Å². The third kappa shape index (κ3) is 2.52. The molecule has 0 unspecified atom stereocenters. The van der Waals surface area contributed by atoms with Crippen LogP contribution in [0.2, 0.25) is 0 Å². The van der Waals surface area contributed by atoms with Gasteiger partial charge in [0.2, 0.25) is 0 Å². The SMILES string of the molecule is COc1cc2c(cc1O)CC[C@@H]1[C@@H]2CC[C@]2(C)[C@@H](Nn3cnnc3)CC[C@@H]12. The molecule has 3 aliphatic carbocycles. The Morgan fingerprint density at radius 2 is 2.00 bits per heavy atom. The molecule has 2 fully saturated rings. The first-order chi connectivity index (χ1) is 13.1. The van der Waals surface area contributed by atoms with Gasteiger partial charge in [-0.25, -0.2) is 4.68 Å². The van der Waals surface area contributed by atoms with Crippen molar-refractivity contribution in [3.63, 3.8) is 0 Å². The largest absolute Gasteiger partial charge is 0.504 e. The molecule has 2 N–H and O–H groups in total. The smallest absolute Gasteiger partial charge is 0.160 e. The molecule has 1 aromatic heterocycles. The number of hydrogen-bond acceptors (Lipinski definition) is 5. The fourth-order valence-corrected chi connectivity index (χ4v) is 6.41. The molecule has 0 radical (unpaired) electrons. The highest BCUT2D eigenvalue weighted by molar-refractivity contribution is 5.49. The van der Waals surface area contributed by atoms with E-state index in [9.17, 15) is 5.11 Å². The predicted molar refractivity (Wildman–Crippen MR) is 102 cm³/mol. The van der Waals surface area contributed by atoms with Gasteiger partial charge in [-0.1, -0.05) is 6.92 Å². The minimum Gasteiger partial charge on any atom is -0.504 e. The van der Waals surface area contributed by atoms with Crippen molar-refractivity contribution in [2.75, 3.05) is 12.5 Å². The van der Waals surface area contributed by atoms with Crippen molar-refractivity contribution in [3.05, 3.63) is 35.9 Å². The van der Waals surface area contributed by atoms with Crippen LogP contribution in [0.25, 0.3) is 0 Å². The van der Waals surface area contributed by atoms with Crippen LogP contribution >= 0.6 is 0 Å². The Kier molecular flexibility index (Phi) is 3.85. The van der Waals surface area contributed by atoms with Crippen molar-refractivity contribution >= 4 is 0 Å². The van der Waals surface area contributed by atoms with Gasteiger partial charge in [0.15, 0.2) is 11.5 Å². The molecule has 5 atom stereocenters. The van der Waals surface area contributed by atoms with Crippen molar-refractivity contribution in [2.45, 2.75) is 57.4 Å². The number of nitrogens with zero attached hydrogens (tertiary/aromatic N) is 3. The van der Waals surface area contributed by atoms with Gasteiger partial charge in [0.25, 0.3) is 0 Å². The van der Waals surface area contributed by atoms with Crippen LogP contribution in [0.15, 0.2) is 24.8 Å². The second-order valence-electron chi connectivity index (χ2n) is 8.81. The Hall–Kier alpha value is -2.24. The lowest BCUT2D eigenvalue weighted by atomic mass is 9.55. The summed E-state index contributed by atoms with van der Waals surface area (Å²) in [4.78, 5) is 0. The van der Waals surface area contributed by atoms with Crippen LogP contribution in [0, 0.1) is 17.3 Å². The molecule has 0 amide bonds. The highest BCUT2D eigenvalue weighted by Crippen LogP contribution is 2.61. The first-order valence-electron chi connectivity index (χ1n) is 10.1. The third-order valence-electron chi connectivity index (χ3n) is 7.75. The summed E-state index contributed by atoms with van der Waals surface area (Å²) in [6, 6.07) is 4.50. The van der Waals surface area contributed by atoms with E-state index in [1.54, 1.807) is 19.8 Å². The summed E-state index contributed by atoms with van der Waals surface area (Å²) >= 11 is 0. The molecule has 2 saturated carbocycles. The number of aryl methyl sites for hydroxylation is 1. The monoisotopic (exact) mass is 368 g/mol. The molecular formula is C21H28N4O2. The van der Waals surface area contributed by atoms with Gasteiger partial charge < -0.3 is 15.3 Å². The van der Waals surface area contributed by atoms with E-state index in [0.717, 1.165) is 18.3 Å². The van der Waals surface area contributed by atoms with Crippen molar-refractivity contribution in [1.29, 1.82) is 0 Å². The topological polar surface area (TPSA) is 72.2 Å². The average molecular weight is 368 g/mol. The van der Waals surface area contributed by atoms with Crippen molar-refractivity contribution in [2.24, 2.45) is 17.3 Å². The highest BCUT2D eigenvalue weighted by atomic mass is 16.5. The summed E-state index contributed by atoms with van der Waals surface area (Å²) < 4.78 is 7.31. The fourth-order valence-electron chi connectivity index (χ4n) is 6.41. The van der Waals surface area contributed by atoms with Crippen LogP contribution < -0.4 is 10.2 Å². The number of aromatic hydroxyl groups is 1. The normalized spacial score (nSPS) is 34.4. The van der Waals surface area contributed by atoms with Crippen molar-refractivity contribution in [1.82, 2.24) is 14.9 Å². The number of benzene rings is 1. The number of phenolic OH excluding ortho intramolecular Hbond substituents is 1. The van der Waals surface area contributed by atoms with Crippen molar-refractivity contribution < 1.29 is 9.84 Å². The first-order valence-corrected chi connectivity index (χ1v) is 10.1. The van der Waals surface area contributed by atoms with Gasteiger partial charge in [0.1, 0.15) is 12.7 Å². The molecule has 0 saturated heterocycles. The van der Waals surface area contributed by atoms with Gasteiger partial charge in [-0.15, -0.1) is 10.2 Å². The maximum absolute atomic E-state index is 10.2. The van der Waals surface area contributed by atoms with Gasteiger partial charge in [-0.05, 0) is 85.0 Å². The molecule has 3 aliphatic rings. The Bertz CT molecular complexity index is 837. The van der Waals surface area contributed by atoms with Crippen LogP contribution in [-0.4, -0.2) is 33.1 Å². The zero-order valence-corrected chi connectivity index (χ0v) is 16.1. The zero-order chi connectivity index (χ0) is 18.6. The maximum atomic E-state index is 10.2. The van der Waals surface area contributed by atoms with E-state index in [1.165, 1.54) is 43.2 Å². The Balaban J connectivity index is 1.43. The highest BCUT2D eigenvalue weighted by Gasteiger charge is 2.55. The summed E-state index contributed by atoms with van der Waals surface area (Å²) in [5.74, 6) is 2.93. The van der Waals surface area contributed by atoms with E-state index < -0.39 is 0 Å². The number of aromatic nitrogens is 3. The van der Waals surface area contributed by atoms with Gasteiger partial charge in [-0.2, -0.15) is 0 Å². The van der Waals surface area contributed by atoms with E-state index in [4.69, 9.17) is 4.74 Å². The van der Waals surface area contributed by atoms with Crippen LogP contribution in [0.1, 0.15) is 56.1 Å². The molecule has 1 aromatic carbocycles. The molecule has 2 aromatic rings. The summed E-state index contributed by atoms with van der Waals surface area (Å²) in [5, 5.41) is 18.0.